The zero-order valence-corrected chi connectivity index (χ0v) is 25.6. The molecule has 0 saturated carbocycles. The zero-order chi connectivity index (χ0) is 29.7. The number of allylic oxidation sites excluding steroid dienone is 3. The van der Waals surface area contributed by atoms with Crippen LogP contribution in [0.1, 0.15) is 38.8 Å². The molecule has 1 heterocycles. The Kier molecular flexibility index (Phi) is 13.8. The van der Waals surface area contributed by atoms with E-state index >= 15 is 0 Å². The summed E-state index contributed by atoms with van der Waals surface area (Å²) in [5, 5.41) is 1.10. The summed E-state index contributed by atoms with van der Waals surface area (Å²) >= 11 is 0. The minimum absolute atomic E-state index is 0. The first-order chi connectivity index (χ1) is 19.8. The van der Waals surface area contributed by atoms with Crippen molar-refractivity contribution in [3.8, 4) is 11.3 Å². The summed E-state index contributed by atoms with van der Waals surface area (Å²) in [6.45, 7) is 11.9. The van der Waals surface area contributed by atoms with Crippen LogP contribution < -0.4 is 0 Å². The number of carbonyl (C=O) groups excluding carboxylic acids is 2. The third kappa shape index (κ3) is 9.46. The molecule has 221 valence electrons. The molecule has 0 spiro atoms. The number of aromatic nitrogens is 1. The van der Waals surface area contributed by atoms with Crippen molar-refractivity contribution in [1.29, 1.82) is 0 Å². The Labute approximate surface area is 260 Å². The van der Waals surface area contributed by atoms with E-state index in [4.69, 9.17) is 4.74 Å². The van der Waals surface area contributed by atoms with Gasteiger partial charge in [0.05, 0.1) is 18.9 Å². The van der Waals surface area contributed by atoms with Crippen LogP contribution in [-0.4, -0.2) is 29.7 Å². The Hall–Kier alpha value is -4.15. The topological polar surface area (TPSA) is 57.5 Å². The second-order valence-corrected chi connectivity index (χ2v) is 9.75. The predicted molar refractivity (Wildman–Crippen MR) is 167 cm³/mol. The number of hydrogen-bond acceptors (Lipinski definition) is 4. The van der Waals surface area contributed by atoms with Gasteiger partial charge in [-0.2, -0.15) is 35.9 Å². The van der Waals surface area contributed by atoms with Gasteiger partial charge in [-0.1, -0.05) is 73.9 Å². The molecule has 5 nitrogen and oxygen atoms in total. The third-order valence-electron chi connectivity index (χ3n) is 6.36. The number of benzene rings is 3. The Morgan fingerprint density at radius 1 is 0.929 bits per heavy atom. The zero-order valence-electron chi connectivity index (χ0n) is 24.6. The predicted octanol–water partition coefficient (Wildman–Crippen LogP) is 7.80. The molecule has 0 atom stereocenters. The van der Waals surface area contributed by atoms with Gasteiger partial charge in [0.15, 0.2) is 5.97 Å². The number of hydrogen-bond donors (Lipinski definition) is 0. The number of esters is 2. The maximum atomic E-state index is 12.5. The summed E-state index contributed by atoms with van der Waals surface area (Å²) in [5.74, 6) is -0.701. The van der Waals surface area contributed by atoms with E-state index in [2.05, 4.69) is 97.2 Å². The fourth-order valence-corrected chi connectivity index (χ4v) is 4.46. The van der Waals surface area contributed by atoms with Crippen molar-refractivity contribution < 1.29 is 35.6 Å². The number of nitrogens with zero attached hydrogens (tertiary/aromatic N) is 1. The molecule has 0 saturated heterocycles. The van der Waals surface area contributed by atoms with Gasteiger partial charge in [-0.15, -0.1) is 6.08 Å². The van der Waals surface area contributed by atoms with Gasteiger partial charge in [0, 0.05) is 16.5 Å². The first-order valence-electron chi connectivity index (χ1n) is 13.8. The Balaban J connectivity index is 0.000000798. The average molecular weight is 607 g/mol. The van der Waals surface area contributed by atoms with Crippen LogP contribution >= 0.6 is 0 Å². The van der Waals surface area contributed by atoms with E-state index in [0.717, 1.165) is 33.3 Å². The molecule has 0 aliphatic carbocycles. The number of ether oxygens (including phenoxy) is 2. The van der Waals surface area contributed by atoms with Crippen LogP contribution in [0.25, 0.3) is 28.2 Å². The largest absolute Gasteiger partial charge is 3.00 e. The molecule has 4 rings (SSSR count). The maximum absolute atomic E-state index is 12.5. The molecular weight excluding hydrogens is 569 g/mol. The molecule has 6 heteroatoms. The van der Waals surface area contributed by atoms with Gasteiger partial charge < -0.3 is 14.0 Å². The molecule has 0 fully saturated rings. The van der Waals surface area contributed by atoms with Crippen LogP contribution in [-0.2, 0) is 47.5 Å². The van der Waals surface area contributed by atoms with Crippen molar-refractivity contribution in [2.45, 2.75) is 39.7 Å². The molecule has 42 heavy (non-hydrogen) atoms. The molecule has 3 aromatic carbocycles. The normalized spacial score (nSPS) is 11.0. The standard InChI is InChI=1S/C32H31NO2.C4H7O2.Ni/c1-4-35-30(34)24-33-29-22-14-13-20-27(29)28(31(33)25-16-8-5-9-17-25)21-12-7-15-23-32(2,3)26-18-10-6-11-19-26;1-3-6-4(2)5;/h5-18,20-23H,4,24H2,1-3H3;2-3H2,1H3;/q-2;-1;+3/b15-7+,21-12+;;. The van der Waals surface area contributed by atoms with Crippen LogP contribution in [0.5, 0.6) is 0 Å². The molecule has 0 bridgehead atoms. The van der Waals surface area contributed by atoms with Gasteiger partial charge in [-0.3, -0.25) is 16.5 Å². The number of rotatable bonds is 10. The quantitative estimate of drug-likeness (QED) is 0.0799. The molecule has 4 aromatic rings. The van der Waals surface area contributed by atoms with Crippen LogP contribution in [0.3, 0.4) is 0 Å². The van der Waals surface area contributed by atoms with E-state index in [0.29, 0.717) is 13.2 Å². The SMILES string of the molecule is CCOC(=O)Cn1c(-c2ccccc2)c(/C=C/C=C/[CH-]C(C)(C)c2[c-]cccc2)c2ccccc21.[CH2-]C(=O)OCC.[Ni+3]. The first-order valence-corrected chi connectivity index (χ1v) is 13.8. The fourth-order valence-electron chi connectivity index (χ4n) is 4.46. The third-order valence-corrected chi connectivity index (χ3v) is 6.36. The fraction of sp³-hybridized carbons (Fsp3) is 0.222. The first kappa shape index (κ1) is 34.1. The minimum atomic E-state index is -0.461. The van der Waals surface area contributed by atoms with E-state index in [1.54, 1.807) is 6.92 Å². The van der Waals surface area contributed by atoms with Crippen LogP contribution in [0.4, 0.5) is 0 Å². The molecule has 0 N–H and O–H groups in total. The van der Waals surface area contributed by atoms with Crippen molar-refractivity contribution >= 4 is 28.9 Å². The molecule has 1 aromatic heterocycles. The number of fused-ring (bicyclic) bond motifs is 1. The van der Waals surface area contributed by atoms with Crippen molar-refractivity contribution in [2.24, 2.45) is 0 Å². The molecular formula is C36H38NNiO4. The van der Waals surface area contributed by atoms with Gasteiger partial charge in [-0.25, -0.2) is 18.6 Å². The molecule has 1 radical (unpaired) electrons. The maximum Gasteiger partial charge on any atom is 3.00 e. The van der Waals surface area contributed by atoms with Crippen molar-refractivity contribution in [1.82, 2.24) is 4.57 Å². The molecule has 0 unspecified atom stereocenters. The minimum Gasteiger partial charge on any atom is -0.489 e. The van der Waals surface area contributed by atoms with E-state index in [-0.39, 0.29) is 34.4 Å². The van der Waals surface area contributed by atoms with E-state index in [1.165, 1.54) is 0 Å². The van der Waals surface area contributed by atoms with Crippen molar-refractivity contribution in [3.05, 3.63) is 128 Å². The summed E-state index contributed by atoms with van der Waals surface area (Å²) in [7, 11) is 0. The van der Waals surface area contributed by atoms with Crippen LogP contribution in [0.2, 0.25) is 0 Å². The van der Waals surface area contributed by atoms with Gasteiger partial charge in [-0.05, 0) is 25.5 Å². The van der Waals surface area contributed by atoms with Gasteiger partial charge in [0.25, 0.3) is 0 Å². The molecule has 0 aliphatic heterocycles. The molecule has 0 aliphatic rings. The smallest absolute Gasteiger partial charge is 0.489 e. The second-order valence-electron chi connectivity index (χ2n) is 9.75. The summed E-state index contributed by atoms with van der Waals surface area (Å²) in [4.78, 5) is 22.2. The van der Waals surface area contributed by atoms with Gasteiger partial charge >= 0.3 is 22.5 Å². The van der Waals surface area contributed by atoms with Crippen molar-refractivity contribution in [2.75, 3.05) is 13.2 Å². The van der Waals surface area contributed by atoms with E-state index in [9.17, 15) is 9.59 Å². The summed E-state index contributed by atoms with van der Waals surface area (Å²) in [6, 6.07) is 29.8. The van der Waals surface area contributed by atoms with Gasteiger partial charge in [0.1, 0.15) is 6.54 Å². The Morgan fingerprint density at radius 2 is 1.60 bits per heavy atom. The number of carbonyl (C=O) groups is 2. The van der Waals surface area contributed by atoms with Crippen molar-refractivity contribution in [3.63, 3.8) is 0 Å². The van der Waals surface area contributed by atoms with Crippen LogP contribution in [0.15, 0.2) is 97.1 Å². The molecule has 0 amide bonds. The summed E-state index contributed by atoms with van der Waals surface area (Å²) < 4.78 is 11.6. The Bertz CT molecular complexity index is 1470. The summed E-state index contributed by atoms with van der Waals surface area (Å²) in [6.07, 6.45) is 10.5. The van der Waals surface area contributed by atoms with Crippen LogP contribution in [0, 0.1) is 19.4 Å². The number of para-hydroxylation sites is 1. The van der Waals surface area contributed by atoms with Gasteiger partial charge in [0.2, 0.25) is 0 Å². The second kappa shape index (κ2) is 17.0. The summed E-state index contributed by atoms with van der Waals surface area (Å²) in [5.41, 5.74) is 5.20. The monoisotopic (exact) mass is 606 g/mol. The van der Waals surface area contributed by atoms with E-state index < -0.39 is 5.97 Å². The van der Waals surface area contributed by atoms with E-state index in [1.807, 2.05) is 55.5 Å². The Morgan fingerprint density at radius 3 is 2.21 bits per heavy atom. The average Bonchev–Trinajstić information content (AvgIpc) is 3.27.